The summed E-state index contributed by atoms with van der Waals surface area (Å²) in [6.07, 6.45) is 1.67. The fraction of sp³-hybridized carbons (Fsp3) is 0.455. The molecule has 30 heavy (non-hydrogen) atoms. The van der Waals surface area contributed by atoms with Crippen molar-refractivity contribution in [3.05, 3.63) is 35.0 Å². The van der Waals surface area contributed by atoms with Gasteiger partial charge in [0.25, 0.3) is 0 Å². The average Bonchev–Trinajstić information content (AvgIpc) is 3.30. The molecule has 1 aliphatic rings. The Bertz CT molecular complexity index is 1100. The molecule has 0 saturated carbocycles. The lowest BCUT2D eigenvalue weighted by atomic mass is 9.91. The number of aromatic nitrogens is 5. The van der Waals surface area contributed by atoms with E-state index in [1.165, 1.54) is 10.4 Å². The van der Waals surface area contributed by atoms with Crippen LogP contribution in [0.15, 0.2) is 18.2 Å². The Morgan fingerprint density at radius 1 is 1.23 bits per heavy atom. The van der Waals surface area contributed by atoms with E-state index in [4.69, 9.17) is 9.47 Å². The van der Waals surface area contributed by atoms with E-state index in [1.807, 2.05) is 13.0 Å². The van der Waals surface area contributed by atoms with Gasteiger partial charge in [-0.05, 0) is 60.2 Å². The number of fused-ring (bicyclic) bond motifs is 3. The predicted octanol–water partition coefficient (Wildman–Crippen LogP) is 3.29. The molecule has 1 aliphatic heterocycles. The van der Waals surface area contributed by atoms with Gasteiger partial charge in [0.05, 0.1) is 32.0 Å². The average molecular weight is 409 g/mol. The molecule has 158 valence electrons. The van der Waals surface area contributed by atoms with Crippen LogP contribution in [0.2, 0.25) is 0 Å². The highest BCUT2D eigenvalue weighted by molar-refractivity contribution is 5.91. The molecule has 2 aromatic heterocycles. The number of rotatable bonds is 6. The Labute approximate surface area is 175 Å². The van der Waals surface area contributed by atoms with Gasteiger partial charge in [-0.1, -0.05) is 13.8 Å². The minimum atomic E-state index is -0.276. The third-order valence-corrected chi connectivity index (χ3v) is 5.32. The molecule has 3 aromatic rings. The number of carbonyl (C=O) groups excluding carboxylic acids is 1. The van der Waals surface area contributed by atoms with E-state index >= 15 is 0 Å². The smallest absolute Gasteiger partial charge is 0.354 e. The van der Waals surface area contributed by atoms with Crippen LogP contribution in [0.4, 0.5) is 0 Å². The fourth-order valence-electron chi connectivity index (χ4n) is 4.14. The number of esters is 1. The van der Waals surface area contributed by atoms with Crippen LogP contribution < -0.4 is 4.74 Å². The second-order valence-electron chi connectivity index (χ2n) is 7.94. The fourth-order valence-corrected chi connectivity index (χ4v) is 4.14. The Morgan fingerprint density at radius 3 is 2.67 bits per heavy atom. The molecule has 3 heterocycles. The van der Waals surface area contributed by atoms with Gasteiger partial charge in [0.2, 0.25) is 5.82 Å². The minimum absolute atomic E-state index is 0.276. The van der Waals surface area contributed by atoms with E-state index in [2.05, 4.69) is 46.0 Å². The van der Waals surface area contributed by atoms with Gasteiger partial charge in [0, 0.05) is 12.1 Å². The van der Waals surface area contributed by atoms with Crippen molar-refractivity contribution in [1.29, 1.82) is 0 Å². The molecule has 0 saturated heterocycles. The Hall–Kier alpha value is -3.16. The van der Waals surface area contributed by atoms with Gasteiger partial charge >= 0.3 is 5.97 Å². The Kier molecular flexibility index (Phi) is 5.32. The molecule has 8 heteroatoms. The van der Waals surface area contributed by atoms with Gasteiger partial charge in [0.15, 0.2) is 0 Å². The monoisotopic (exact) mass is 409 g/mol. The lowest BCUT2D eigenvalue weighted by molar-refractivity contribution is 0.0513. The molecule has 4 rings (SSSR count). The minimum Gasteiger partial charge on any atom is -0.496 e. The van der Waals surface area contributed by atoms with Crippen molar-refractivity contribution in [2.75, 3.05) is 13.7 Å². The molecule has 0 amide bonds. The van der Waals surface area contributed by atoms with Crippen molar-refractivity contribution >= 4 is 5.97 Å². The summed E-state index contributed by atoms with van der Waals surface area (Å²) in [5, 5.41) is 12.5. The van der Waals surface area contributed by atoms with Crippen LogP contribution in [-0.4, -0.2) is 44.5 Å². The first-order valence-corrected chi connectivity index (χ1v) is 10.3. The first-order valence-electron chi connectivity index (χ1n) is 10.3. The van der Waals surface area contributed by atoms with Gasteiger partial charge in [-0.25, -0.2) is 4.79 Å². The summed E-state index contributed by atoms with van der Waals surface area (Å²) in [7, 11) is 3.38. The number of hydrogen-bond acceptors (Lipinski definition) is 6. The summed E-state index contributed by atoms with van der Waals surface area (Å²) in [4.78, 5) is 14.1. The molecule has 0 aliphatic carbocycles. The normalized spacial score (nSPS) is 12.6. The SMILES string of the molecule is CCOC(=O)c1cc(CC(C)C)c2n1CCc1cc(OC)c(-c3nnn(C)n3)cc1-2. The predicted molar refractivity (Wildman–Crippen MR) is 112 cm³/mol. The Balaban J connectivity index is 1.92. The molecular formula is C22H27N5O3. The summed E-state index contributed by atoms with van der Waals surface area (Å²) in [5.41, 5.74) is 5.88. The van der Waals surface area contributed by atoms with Crippen LogP contribution >= 0.6 is 0 Å². The van der Waals surface area contributed by atoms with Gasteiger partial charge < -0.3 is 14.0 Å². The second-order valence-corrected chi connectivity index (χ2v) is 7.94. The van der Waals surface area contributed by atoms with Crippen molar-refractivity contribution in [1.82, 2.24) is 24.8 Å². The number of tetrazole rings is 1. The highest BCUT2D eigenvalue weighted by atomic mass is 16.5. The first kappa shape index (κ1) is 20.1. The van der Waals surface area contributed by atoms with Gasteiger partial charge in [0.1, 0.15) is 11.4 Å². The summed E-state index contributed by atoms with van der Waals surface area (Å²) < 4.78 is 13.1. The van der Waals surface area contributed by atoms with Gasteiger partial charge in [-0.2, -0.15) is 4.80 Å². The number of benzene rings is 1. The largest absolute Gasteiger partial charge is 0.496 e. The van der Waals surface area contributed by atoms with Crippen molar-refractivity contribution in [3.63, 3.8) is 0 Å². The van der Waals surface area contributed by atoms with Crippen molar-refractivity contribution in [2.24, 2.45) is 13.0 Å². The highest BCUT2D eigenvalue weighted by Crippen LogP contribution is 2.41. The van der Waals surface area contributed by atoms with Gasteiger partial charge in [-0.3, -0.25) is 0 Å². The van der Waals surface area contributed by atoms with Gasteiger partial charge in [-0.15, -0.1) is 10.2 Å². The number of aryl methyl sites for hydroxylation is 2. The summed E-state index contributed by atoms with van der Waals surface area (Å²) >= 11 is 0. The number of hydrogen-bond donors (Lipinski definition) is 0. The summed E-state index contributed by atoms with van der Waals surface area (Å²) in [5.74, 6) is 1.41. The molecule has 0 bridgehead atoms. The third-order valence-electron chi connectivity index (χ3n) is 5.32. The maximum absolute atomic E-state index is 12.6. The number of ether oxygens (including phenoxy) is 2. The van der Waals surface area contributed by atoms with Crippen molar-refractivity contribution in [3.8, 4) is 28.4 Å². The van der Waals surface area contributed by atoms with E-state index in [0.717, 1.165) is 47.5 Å². The van der Waals surface area contributed by atoms with Crippen LogP contribution in [0.1, 0.15) is 42.4 Å². The van der Waals surface area contributed by atoms with E-state index in [0.29, 0.717) is 24.0 Å². The second kappa shape index (κ2) is 7.93. The highest BCUT2D eigenvalue weighted by Gasteiger charge is 2.28. The molecule has 0 spiro atoms. The maximum Gasteiger partial charge on any atom is 0.354 e. The summed E-state index contributed by atoms with van der Waals surface area (Å²) in [6, 6.07) is 6.11. The lowest BCUT2D eigenvalue weighted by Gasteiger charge is -2.24. The van der Waals surface area contributed by atoms with Crippen LogP contribution in [0, 0.1) is 5.92 Å². The zero-order valence-corrected chi connectivity index (χ0v) is 18.1. The van der Waals surface area contributed by atoms with E-state index < -0.39 is 0 Å². The molecule has 8 nitrogen and oxygen atoms in total. The number of carbonyl (C=O) groups is 1. The number of methoxy groups -OCH3 is 1. The quantitative estimate of drug-likeness (QED) is 0.581. The topological polar surface area (TPSA) is 84.1 Å². The Morgan fingerprint density at radius 2 is 2.03 bits per heavy atom. The standard InChI is InChI=1S/C22H27N5O3/c1-6-30-22(28)18-10-15(9-13(2)3)20-16-12-17(21-23-25-26(4)24-21)19(29-5)11-14(16)7-8-27(18)20/h10-13H,6-9H2,1-5H3. The van der Waals surface area contributed by atoms with E-state index in [-0.39, 0.29) is 5.97 Å². The lowest BCUT2D eigenvalue weighted by Crippen LogP contribution is -2.18. The number of nitrogens with zero attached hydrogens (tertiary/aromatic N) is 5. The van der Waals surface area contributed by atoms with Crippen LogP contribution in [0.3, 0.4) is 0 Å². The molecule has 0 fully saturated rings. The zero-order chi connectivity index (χ0) is 21.4. The third kappa shape index (κ3) is 3.46. The molecule has 0 atom stereocenters. The van der Waals surface area contributed by atoms with Crippen LogP contribution in [0.5, 0.6) is 5.75 Å². The van der Waals surface area contributed by atoms with Crippen molar-refractivity contribution in [2.45, 2.75) is 40.2 Å². The maximum atomic E-state index is 12.6. The van der Waals surface area contributed by atoms with Crippen molar-refractivity contribution < 1.29 is 14.3 Å². The van der Waals surface area contributed by atoms with E-state index in [9.17, 15) is 4.79 Å². The summed E-state index contributed by atoms with van der Waals surface area (Å²) in [6.45, 7) is 7.27. The molecular weight excluding hydrogens is 382 g/mol. The zero-order valence-electron chi connectivity index (χ0n) is 18.1. The molecule has 1 aromatic carbocycles. The first-order chi connectivity index (χ1) is 14.4. The molecule has 0 radical (unpaired) electrons. The van der Waals surface area contributed by atoms with Crippen LogP contribution in [-0.2, 0) is 31.2 Å². The molecule has 0 N–H and O–H groups in total. The molecule has 0 unspecified atom stereocenters. The van der Waals surface area contributed by atoms with E-state index in [1.54, 1.807) is 14.2 Å². The van der Waals surface area contributed by atoms with Crippen LogP contribution in [0.25, 0.3) is 22.6 Å².